The minimum atomic E-state index is -0.938. The zero-order valence-electron chi connectivity index (χ0n) is 11.4. The summed E-state index contributed by atoms with van der Waals surface area (Å²) in [7, 11) is 0. The van der Waals surface area contributed by atoms with Crippen LogP contribution in [0.5, 0.6) is 0 Å². The number of carbonyl (C=O) groups excluding carboxylic acids is 1. The van der Waals surface area contributed by atoms with Gasteiger partial charge in [-0.3, -0.25) is 4.79 Å². The first-order valence-electron chi connectivity index (χ1n) is 6.83. The molecule has 1 aromatic carbocycles. The average Bonchev–Trinajstić information content (AvgIpc) is 3.17. The van der Waals surface area contributed by atoms with E-state index in [1.807, 2.05) is 12.1 Å². The molecule has 1 N–H and O–H groups in total. The Morgan fingerprint density at radius 1 is 1.24 bits per heavy atom. The number of likely N-dealkylation sites (tertiary alicyclic amines) is 1. The summed E-state index contributed by atoms with van der Waals surface area (Å²) in [6.07, 6.45) is 4.43. The lowest BCUT2D eigenvalue weighted by atomic mass is 10.0. The van der Waals surface area contributed by atoms with Gasteiger partial charge in [0.05, 0.1) is 12.5 Å². The van der Waals surface area contributed by atoms with Gasteiger partial charge in [0.2, 0.25) is 0 Å². The van der Waals surface area contributed by atoms with Crippen LogP contribution in [0.25, 0.3) is 11.1 Å². The predicted octanol–water partition coefficient (Wildman–Crippen LogP) is 2.64. The molecule has 1 atom stereocenters. The average molecular weight is 285 g/mol. The maximum absolute atomic E-state index is 12.5. The first-order valence-corrected chi connectivity index (χ1v) is 6.83. The minimum absolute atomic E-state index is 0.231. The second-order valence-corrected chi connectivity index (χ2v) is 5.09. The van der Waals surface area contributed by atoms with Crippen LogP contribution in [0.2, 0.25) is 0 Å². The maximum atomic E-state index is 12.5. The summed E-state index contributed by atoms with van der Waals surface area (Å²) >= 11 is 0. The molecule has 1 aliphatic heterocycles. The summed E-state index contributed by atoms with van der Waals surface area (Å²) in [5, 5.41) is 9.18. The Balaban J connectivity index is 1.88. The van der Waals surface area contributed by atoms with Crippen LogP contribution in [0.15, 0.2) is 47.3 Å². The third-order valence-corrected chi connectivity index (χ3v) is 3.76. The minimum Gasteiger partial charge on any atom is -0.480 e. The number of benzene rings is 1. The second kappa shape index (κ2) is 5.44. The van der Waals surface area contributed by atoms with Crippen LogP contribution in [0.4, 0.5) is 0 Å². The summed E-state index contributed by atoms with van der Waals surface area (Å²) in [5.74, 6) is -1.17. The van der Waals surface area contributed by atoms with Gasteiger partial charge in [0.25, 0.3) is 5.91 Å². The number of furan rings is 1. The third-order valence-electron chi connectivity index (χ3n) is 3.76. The van der Waals surface area contributed by atoms with Crippen molar-refractivity contribution in [1.29, 1.82) is 0 Å². The molecule has 1 saturated heterocycles. The zero-order valence-corrected chi connectivity index (χ0v) is 11.4. The molecule has 5 heteroatoms. The molecule has 5 nitrogen and oxygen atoms in total. The van der Waals surface area contributed by atoms with Crippen molar-refractivity contribution in [2.24, 2.45) is 0 Å². The smallest absolute Gasteiger partial charge is 0.326 e. The Hall–Kier alpha value is -2.56. The van der Waals surface area contributed by atoms with E-state index in [1.165, 1.54) is 4.90 Å². The van der Waals surface area contributed by atoms with Gasteiger partial charge in [-0.2, -0.15) is 0 Å². The van der Waals surface area contributed by atoms with Crippen molar-refractivity contribution in [2.75, 3.05) is 6.54 Å². The summed E-state index contributed by atoms with van der Waals surface area (Å²) in [6, 6.07) is 8.27. The summed E-state index contributed by atoms with van der Waals surface area (Å²) < 4.78 is 5.04. The maximum Gasteiger partial charge on any atom is 0.326 e. The van der Waals surface area contributed by atoms with Crippen molar-refractivity contribution in [2.45, 2.75) is 18.9 Å². The molecule has 2 aromatic rings. The van der Waals surface area contributed by atoms with Crippen LogP contribution < -0.4 is 0 Å². The molecular weight excluding hydrogens is 270 g/mol. The molecule has 0 aliphatic carbocycles. The molecule has 0 radical (unpaired) electrons. The van der Waals surface area contributed by atoms with Gasteiger partial charge in [0, 0.05) is 17.7 Å². The molecule has 1 unspecified atom stereocenters. The third kappa shape index (κ3) is 2.54. The van der Waals surface area contributed by atoms with Crippen LogP contribution in [-0.4, -0.2) is 34.5 Å². The van der Waals surface area contributed by atoms with E-state index in [1.54, 1.807) is 30.7 Å². The van der Waals surface area contributed by atoms with Gasteiger partial charge in [0.1, 0.15) is 6.04 Å². The Morgan fingerprint density at radius 3 is 2.81 bits per heavy atom. The molecule has 0 spiro atoms. The molecule has 1 amide bonds. The van der Waals surface area contributed by atoms with E-state index in [-0.39, 0.29) is 5.91 Å². The van der Waals surface area contributed by atoms with Crippen molar-refractivity contribution >= 4 is 11.9 Å². The summed E-state index contributed by atoms with van der Waals surface area (Å²) in [5.41, 5.74) is 2.27. The highest BCUT2D eigenvalue weighted by Gasteiger charge is 2.34. The summed E-state index contributed by atoms with van der Waals surface area (Å²) in [6.45, 7) is 0.492. The first-order chi connectivity index (χ1) is 10.2. The largest absolute Gasteiger partial charge is 0.480 e. The Labute approximate surface area is 121 Å². The number of aliphatic carboxylic acids is 1. The van der Waals surface area contributed by atoms with E-state index in [4.69, 9.17) is 4.42 Å². The Bertz CT molecular complexity index is 663. The fourth-order valence-corrected chi connectivity index (χ4v) is 2.69. The van der Waals surface area contributed by atoms with E-state index in [0.29, 0.717) is 18.5 Å². The highest BCUT2D eigenvalue weighted by molar-refractivity contribution is 5.98. The molecule has 1 aromatic heterocycles. The lowest BCUT2D eigenvalue weighted by molar-refractivity contribution is -0.141. The highest BCUT2D eigenvalue weighted by Crippen LogP contribution is 2.24. The standard InChI is InChI=1S/C16H15NO4/c18-15(17-7-2-5-14(17)16(19)20)12-4-1-3-11(9-12)13-6-8-21-10-13/h1,3-4,6,8-10,14H,2,5,7H2,(H,19,20). The van der Waals surface area contributed by atoms with E-state index >= 15 is 0 Å². The van der Waals surface area contributed by atoms with Gasteiger partial charge in [-0.1, -0.05) is 12.1 Å². The molecule has 108 valence electrons. The number of hydrogen-bond acceptors (Lipinski definition) is 3. The molecule has 0 bridgehead atoms. The molecule has 1 fully saturated rings. The first kappa shape index (κ1) is 13.4. The van der Waals surface area contributed by atoms with Gasteiger partial charge in [-0.15, -0.1) is 0 Å². The van der Waals surface area contributed by atoms with Gasteiger partial charge in [-0.05, 0) is 36.6 Å². The molecule has 21 heavy (non-hydrogen) atoms. The lowest BCUT2D eigenvalue weighted by Gasteiger charge is -2.21. The number of carboxylic acids is 1. The number of carboxylic acid groups (broad SMARTS) is 1. The fraction of sp³-hybridized carbons (Fsp3) is 0.250. The Kier molecular flexibility index (Phi) is 3.48. The van der Waals surface area contributed by atoms with Crippen molar-refractivity contribution in [3.8, 4) is 11.1 Å². The lowest BCUT2D eigenvalue weighted by Crippen LogP contribution is -2.40. The number of carbonyl (C=O) groups is 2. The zero-order chi connectivity index (χ0) is 14.8. The van der Waals surface area contributed by atoms with Crippen LogP contribution in [0.3, 0.4) is 0 Å². The molecule has 0 saturated carbocycles. The Morgan fingerprint density at radius 2 is 2.10 bits per heavy atom. The van der Waals surface area contributed by atoms with E-state index in [0.717, 1.165) is 17.5 Å². The number of rotatable bonds is 3. The quantitative estimate of drug-likeness (QED) is 0.941. The molecule has 1 aliphatic rings. The highest BCUT2D eigenvalue weighted by atomic mass is 16.4. The fourth-order valence-electron chi connectivity index (χ4n) is 2.69. The topological polar surface area (TPSA) is 70.8 Å². The van der Waals surface area contributed by atoms with E-state index in [2.05, 4.69) is 0 Å². The van der Waals surface area contributed by atoms with Gasteiger partial charge in [0.15, 0.2) is 0 Å². The molecular formula is C16H15NO4. The van der Waals surface area contributed by atoms with Crippen LogP contribution >= 0.6 is 0 Å². The number of hydrogen-bond donors (Lipinski definition) is 1. The monoisotopic (exact) mass is 285 g/mol. The van der Waals surface area contributed by atoms with Gasteiger partial charge < -0.3 is 14.4 Å². The van der Waals surface area contributed by atoms with Crippen molar-refractivity contribution < 1.29 is 19.1 Å². The van der Waals surface area contributed by atoms with Crippen LogP contribution in [0.1, 0.15) is 23.2 Å². The normalized spacial score (nSPS) is 17.9. The van der Waals surface area contributed by atoms with Crippen LogP contribution in [0, 0.1) is 0 Å². The predicted molar refractivity (Wildman–Crippen MR) is 75.8 cm³/mol. The van der Waals surface area contributed by atoms with Crippen molar-refractivity contribution in [3.63, 3.8) is 0 Å². The van der Waals surface area contributed by atoms with Crippen molar-refractivity contribution in [1.82, 2.24) is 4.90 Å². The van der Waals surface area contributed by atoms with Gasteiger partial charge in [-0.25, -0.2) is 4.79 Å². The van der Waals surface area contributed by atoms with E-state index < -0.39 is 12.0 Å². The van der Waals surface area contributed by atoms with Gasteiger partial charge >= 0.3 is 5.97 Å². The number of amides is 1. The molecule has 2 heterocycles. The number of nitrogens with zero attached hydrogens (tertiary/aromatic N) is 1. The second-order valence-electron chi connectivity index (χ2n) is 5.09. The van der Waals surface area contributed by atoms with Crippen molar-refractivity contribution in [3.05, 3.63) is 48.4 Å². The van der Waals surface area contributed by atoms with Crippen LogP contribution in [-0.2, 0) is 4.79 Å². The van der Waals surface area contributed by atoms with E-state index in [9.17, 15) is 14.7 Å². The SMILES string of the molecule is O=C(O)C1CCCN1C(=O)c1cccc(-c2ccoc2)c1. The summed E-state index contributed by atoms with van der Waals surface area (Å²) in [4.78, 5) is 25.2. The molecule has 3 rings (SSSR count).